The Morgan fingerprint density at radius 3 is 2.50 bits per heavy atom. The zero-order valence-corrected chi connectivity index (χ0v) is 12.4. The summed E-state index contributed by atoms with van der Waals surface area (Å²) < 4.78 is 0. The molecular weight excluding hydrogens is 270 g/mol. The molecule has 6 heteroatoms. The van der Waals surface area contributed by atoms with Crippen LogP contribution in [0.25, 0.3) is 0 Å². The van der Waals surface area contributed by atoms with E-state index in [1.54, 1.807) is 11.8 Å². The van der Waals surface area contributed by atoms with Gasteiger partial charge < -0.3 is 10.4 Å². The van der Waals surface area contributed by atoms with Crippen molar-refractivity contribution < 1.29 is 14.7 Å². The molecule has 4 nitrogen and oxygen atoms in total. The second-order valence-corrected chi connectivity index (χ2v) is 6.09. The molecule has 0 unspecified atom stereocenters. The SMILES string of the molecule is CSCC[C@H](NC(=O)C1(CS)CCCC1)C(=O)O. The van der Waals surface area contributed by atoms with E-state index in [-0.39, 0.29) is 5.91 Å². The quantitative estimate of drug-likeness (QED) is 0.626. The van der Waals surface area contributed by atoms with Crippen molar-refractivity contribution in [2.75, 3.05) is 17.8 Å². The largest absolute Gasteiger partial charge is 0.480 e. The number of amides is 1. The van der Waals surface area contributed by atoms with Gasteiger partial charge >= 0.3 is 5.97 Å². The molecule has 1 rings (SSSR count). The highest BCUT2D eigenvalue weighted by Gasteiger charge is 2.41. The lowest BCUT2D eigenvalue weighted by molar-refractivity contribution is -0.143. The molecule has 0 bridgehead atoms. The standard InChI is InChI=1S/C12H21NO3S2/c1-18-7-4-9(10(14)15)13-11(16)12(8-17)5-2-3-6-12/h9,17H,2-8H2,1H3,(H,13,16)(H,14,15)/t9-/m0/s1. The maximum absolute atomic E-state index is 12.2. The second kappa shape index (κ2) is 7.28. The molecule has 0 radical (unpaired) electrons. The Kier molecular flexibility index (Phi) is 6.35. The Hall–Kier alpha value is -0.360. The molecule has 0 spiro atoms. The maximum Gasteiger partial charge on any atom is 0.326 e. The predicted molar refractivity (Wildman–Crippen MR) is 77.3 cm³/mol. The lowest BCUT2D eigenvalue weighted by atomic mass is 9.87. The van der Waals surface area contributed by atoms with Gasteiger partial charge in [0.1, 0.15) is 6.04 Å². The third-order valence-corrected chi connectivity index (χ3v) is 4.81. The molecular formula is C12H21NO3S2. The molecule has 0 aliphatic heterocycles. The van der Waals surface area contributed by atoms with Gasteiger partial charge in [-0.1, -0.05) is 12.8 Å². The fourth-order valence-electron chi connectivity index (χ4n) is 2.31. The monoisotopic (exact) mass is 291 g/mol. The van der Waals surface area contributed by atoms with E-state index < -0.39 is 17.4 Å². The highest BCUT2D eigenvalue weighted by Crippen LogP contribution is 2.39. The molecule has 1 amide bonds. The molecule has 0 heterocycles. The van der Waals surface area contributed by atoms with Gasteiger partial charge in [0.05, 0.1) is 5.41 Å². The average molecular weight is 291 g/mol. The first-order chi connectivity index (χ1) is 8.55. The van der Waals surface area contributed by atoms with Crippen molar-refractivity contribution in [1.82, 2.24) is 5.32 Å². The van der Waals surface area contributed by atoms with E-state index in [9.17, 15) is 9.59 Å². The van der Waals surface area contributed by atoms with Crippen LogP contribution in [-0.2, 0) is 9.59 Å². The zero-order valence-electron chi connectivity index (χ0n) is 10.6. The van der Waals surface area contributed by atoms with E-state index in [0.29, 0.717) is 12.2 Å². The molecule has 104 valence electrons. The average Bonchev–Trinajstić information content (AvgIpc) is 2.83. The number of carbonyl (C=O) groups excluding carboxylic acids is 1. The van der Waals surface area contributed by atoms with Gasteiger partial charge in [0.15, 0.2) is 0 Å². The summed E-state index contributed by atoms with van der Waals surface area (Å²) in [6.45, 7) is 0. The van der Waals surface area contributed by atoms with Crippen molar-refractivity contribution in [2.24, 2.45) is 5.41 Å². The zero-order chi connectivity index (χ0) is 13.6. The summed E-state index contributed by atoms with van der Waals surface area (Å²) in [5.74, 6) is 0.131. The van der Waals surface area contributed by atoms with Crippen molar-refractivity contribution >= 4 is 36.3 Å². The summed E-state index contributed by atoms with van der Waals surface area (Å²) in [6.07, 6.45) is 6.07. The Labute approximate surface area is 118 Å². The first kappa shape index (κ1) is 15.7. The number of thiol groups is 1. The number of carbonyl (C=O) groups is 2. The van der Waals surface area contributed by atoms with Gasteiger partial charge in [0, 0.05) is 5.75 Å². The minimum Gasteiger partial charge on any atom is -0.480 e. The normalized spacial score (nSPS) is 19.4. The number of thioether (sulfide) groups is 1. The van der Waals surface area contributed by atoms with Gasteiger partial charge in [-0.15, -0.1) is 0 Å². The molecule has 1 fully saturated rings. The minimum absolute atomic E-state index is 0.136. The maximum atomic E-state index is 12.2. The fraction of sp³-hybridized carbons (Fsp3) is 0.833. The molecule has 0 aromatic rings. The van der Waals surface area contributed by atoms with Gasteiger partial charge in [-0.2, -0.15) is 24.4 Å². The van der Waals surface area contributed by atoms with Gasteiger partial charge in [-0.05, 0) is 31.3 Å². The van der Waals surface area contributed by atoms with Crippen LogP contribution < -0.4 is 5.32 Å². The molecule has 1 saturated carbocycles. The smallest absolute Gasteiger partial charge is 0.326 e. The summed E-state index contributed by atoms with van der Waals surface area (Å²) in [5, 5.41) is 11.8. The van der Waals surface area contributed by atoms with Crippen LogP contribution in [0.15, 0.2) is 0 Å². The van der Waals surface area contributed by atoms with Gasteiger partial charge in [0.25, 0.3) is 0 Å². The molecule has 1 aliphatic carbocycles. The van der Waals surface area contributed by atoms with Crippen LogP contribution in [-0.4, -0.2) is 40.8 Å². The van der Waals surface area contributed by atoms with Crippen molar-refractivity contribution in [3.05, 3.63) is 0 Å². The topological polar surface area (TPSA) is 66.4 Å². The number of aliphatic carboxylic acids is 1. The van der Waals surface area contributed by atoms with E-state index in [4.69, 9.17) is 5.11 Å². The fourth-order valence-corrected chi connectivity index (χ4v) is 3.24. The van der Waals surface area contributed by atoms with Crippen LogP contribution in [0.5, 0.6) is 0 Å². The van der Waals surface area contributed by atoms with Crippen LogP contribution in [0.2, 0.25) is 0 Å². The Bertz CT molecular complexity index is 304. The van der Waals surface area contributed by atoms with Crippen LogP contribution in [0, 0.1) is 5.41 Å². The van der Waals surface area contributed by atoms with E-state index in [1.807, 2.05) is 6.26 Å². The number of carboxylic acid groups (broad SMARTS) is 1. The first-order valence-electron chi connectivity index (χ1n) is 6.19. The molecule has 2 N–H and O–H groups in total. The number of carboxylic acids is 1. The molecule has 18 heavy (non-hydrogen) atoms. The van der Waals surface area contributed by atoms with E-state index in [2.05, 4.69) is 17.9 Å². The molecule has 0 aromatic heterocycles. The van der Waals surface area contributed by atoms with E-state index in [0.717, 1.165) is 31.4 Å². The number of hydrogen-bond donors (Lipinski definition) is 3. The number of nitrogens with one attached hydrogen (secondary N) is 1. The van der Waals surface area contributed by atoms with Crippen LogP contribution in [0.3, 0.4) is 0 Å². The summed E-state index contributed by atoms with van der Waals surface area (Å²) in [5.41, 5.74) is -0.448. The van der Waals surface area contributed by atoms with Crippen LogP contribution in [0.4, 0.5) is 0 Å². The third kappa shape index (κ3) is 3.82. The first-order valence-corrected chi connectivity index (χ1v) is 8.22. The predicted octanol–water partition coefficient (Wildman–Crippen LogP) is 1.80. The Morgan fingerprint density at radius 2 is 2.06 bits per heavy atom. The Morgan fingerprint density at radius 1 is 1.44 bits per heavy atom. The Balaban J connectivity index is 2.62. The summed E-state index contributed by atoms with van der Waals surface area (Å²) >= 11 is 5.86. The summed E-state index contributed by atoms with van der Waals surface area (Å²) in [7, 11) is 0. The number of rotatable bonds is 7. The highest BCUT2D eigenvalue weighted by atomic mass is 32.2. The van der Waals surface area contributed by atoms with Gasteiger partial charge in [0.2, 0.25) is 5.91 Å². The van der Waals surface area contributed by atoms with E-state index in [1.165, 1.54) is 0 Å². The third-order valence-electron chi connectivity index (χ3n) is 3.56. The second-order valence-electron chi connectivity index (χ2n) is 4.79. The number of hydrogen-bond acceptors (Lipinski definition) is 4. The van der Waals surface area contributed by atoms with Crippen LogP contribution >= 0.6 is 24.4 Å². The van der Waals surface area contributed by atoms with Crippen molar-refractivity contribution in [1.29, 1.82) is 0 Å². The minimum atomic E-state index is -0.954. The van der Waals surface area contributed by atoms with Crippen molar-refractivity contribution in [3.63, 3.8) is 0 Å². The van der Waals surface area contributed by atoms with Crippen molar-refractivity contribution in [2.45, 2.75) is 38.1 Å². The molecule has 1 aliphatic rings. The molecule has 0 saturated heterocycles. The highest BCUT2D eigenvalue weighted by molar-refractivity contribution is 7.98. The lowest BCUT2D eigenvalue weighted by Gasteiger charge is -2.27. The van der Waals surface area contributed by atoms with E-state index >= 15 is 0 Å². The van der Waals surface area contributed by atoms with Crippen molar-refractivity contribution in [3.8, 4) is 0 Å². The van der Waals surface area contributed by atoms with Gasteiger partial charge in [-0.25, -0.2) is 4.79 Å². The molecule has 1 atom stereocenters. The van der Waals surface area contributed by atoms with Crippen LogP contribution in [0.1, 0.15) is 32.1 Å². The summed E-state index contributed by atoms with van der Waals surface area (Å²) in [4.78, 5) is 23.4. The lowest BCUT2D eigenvalue weighted by Crippen LogP contribution is -2.48. The van der Waals surface area contributed by atoms with Gasteiger partial charge in [-0.3, -0.25) is 4.79 Å². The molecule has 0 aromatic carbocycles. The summed E-state index contributed by atoms with van der Waals surface area (Å²) in [6, 6.07) is -0.776.